The summed E-state index contributed by atoms with van der Waals surface area (Å²) in [6.45, 7) is 2.74. The molecule has 2 aromatic carbocycles. The predicted molar refractivity (Wildman–Crippen MR) is 109 cm³/mol. The first-order valence-electron chi connectivity index (χ1n) is 9.58. The molecule has 2 heterocycles. The number of aryl methyl sites for hydroxylation is 3. The number of carbonyl (C=O) groups is 1. The second-order valence-corrected chi connectivity index (χ2v) is 6.85. The molecule has 0 aliphatic heterocycles. The standard InChI is InChI=1S/C21H22N7O/c1-2-16-12-15(13-17-19(16)24-25-20(17)21(22)29)8-9-18-23-27-28(26-18)11-10-14-6-4-3-5-7-14/h3-7,9,12-13H,2,8,10-11H2,1H3,(H2,22,29)(H,24,25). The molecule has 8 nitrogen and oxygen atoms in total. The molecule has 0 saturated heterocycles. The van der Waals surface area contributed by atoms with Gasteiger partial charge in [-0.2, -0.15) is 9.90 Å². The Morgan fingerprint density at radius 3 is 2.79 bits per heavy atom. The van der Waals surface area contributed by atoms with Gasteiger partial charge < -0.3 is 5.73 Å². The Morgan fingerprint density at radius 1 is 1.21 bits per heavy atom. The van der Waals surface area contributed by atoms with Crippen LogP contribution in [0.3, 0.4) is 0 Å². The van der Waals surface area contributed by atoms with E-state index in [1.165, 1.54) is 5.56 Å². The Bertz CT molecular complexity index is 1130. The highest BCUT2D eigenvalue weighted by atomic mass is 16.1. The Morgan fingerprint density at radius 2 is 2.03 bits per heavy atom. The van der Waals surface area contributed by atoms with Crippen LogP contribution in [0.15, 0.2) is 42.5 Å². The number of tetrazole rings is 1. The lowest BCUT2D eigenvalue weighted by molar-refractivity contribution is 0.0997. The number of H-pyrrole nitrogens is 1. The number of primary amides is 1. The fraction of sp³-hybridized carbons (Fsp3) is 0.238. The summed E-state index contributed by atoms with van der Waals surface area (Å²) in [6, 6.07) is 14.3. The molecule has 1 amide bonds. The van der Waals surface area contributed by atoms with Crippen LogP contribution in [0.5, 0.6) is 0 Å². The molecule has 0 unspecified atom stereocenters. The van der Waals surface area contributed by atoms with Gasteiger partial charge in [-0.05, 0) is 47.2 Å². The van der Waals surface area contributed by atoms with E-state index in [0.717, 1.165) is 34.9 Å². The van der Waals surface area contributed by atoms with Crippen LogP contribution in [0.25, 0.3) is 10.9 Å². The van der Waals surface area contributed by atoms with Crippen molar-refractivity contribution in [1.82, 2.24) is 30.4 Å². The van der Waals surface area contributed by atoms with E-state index >= 15 is 0 Å². The van der Waals surface area contributed by atoms with Crippen molar-refractivity contribution in [1.29, 1.82) is 0 Å². The summed E-state index contributed by atoms with van der Waals surface area (Å²) in [5, 5.41) is 20.4. The fourth-order valence-corrected chi connectivity index (χ4v) is 3.36. The summed E-state index contributed by atoms with van der Waals surface area (Å²) >= 11 is 0. The third-order valence-corrected chi connectivity index (χ3v) is 4.86. The first-order valence-corrected chi connectivity index (χ1v) is 9.58. The normalized spacial score (nSPS) is 11.2. The predicted octanol–water partition coefficient (Wildman–Crippen LogP) is 2.25. The highest BCUT2D eigenvalue weighted by molar-refractivity contribution is 6.04. The van der Waals surface area contributed by atoms with Crippen molar-refractivity contribution in [3.05, 3.63) is 77.1 Å². The van der Waals surface area contributed by atoms with Gasteiger partial charge in [0.1, 0.15) is 0 Å². The fourth-order valence-electron chi connectivity index (χ4n) is 3.36. The summed E-state index contributed by atoms with van der Waals surface area (Å²) in [5.74, 6) is 0.0426. The number of amides is 1. The number of carbonyl (C=O) groups excluding carboxylic acids is 1. The Balaban J connectivity index is 1.45. The van der Waals surface area contributed by atoms with Crippen LogP contribution in [-0.2, 0) is 25.8 Å². The first kappa shape index (κ1) is 18.8. The van der Waals surface area contributed by atoms with Crippen molar-refractivity contribution < 1.29 is 4.79 Å². The van der Waals surface area contributed by atoms with Gasteiger partial charge in [0.05, 0.1) is 12.1 Å². The van der Waals surface area contributed by atoms with Gasteiger partial charge in [-0.1, -0.05) is 43.3 Å². The molecule has 3 N–H and O–H groups in total. The largest absolute Gasteiger partial charge is 0.364 e. The van der Waals surface area contributed by atoms with E-state index in [4.69, 9.17) is 5.73 Å². The molecule has 4 rings (SSSR count). The Hall–Kier alpha value is -3.55. The van der Waals surface area contributed by atoms with E-state index in [1.54, 1.807) is 4.80 Å². The number of aromatic nitrogens is 6. The maximum absolute atomic E-state index is 11.6. The van der Waals surface area contributed by atoms with Gasteiger partial charge in [0.2, 0.25) is 0 Å². The average Bonchev–Trinajstić information content (AvgIpc) is 3.37. The third-order valence-electron chi connectivity index (χ3n) is 4.86. The molecule has 0 aliphatic rings. The van der Waals surface area contributed by atoms with Crippen molar-refractivity contribution in [3.8, 4) is 0 Å². The number of rotatable bonds is 8. The summed E-state index contributed by atoms with van der Waals surface area (Å²) in [4.78, 5) is 13.2. The lowest BCUT2D eigenvalue weighted by Gasteiger charge is -2.05. The van der Waals surface area contributed by atoms with Crippen LogP contribution in [0.1, 0.15) is 39.9 Å². The molecule has 4 aromatic rings. The second-order valence-electron chi connectivity index (χ2n) is 6.85. The molecule has 29 heavy (non-hydrogen) atoms. The van der Waals surface area contributed by atoms with Crippen molar-refractivity contribution >= 4 is 16.8 Å². The number of nitrogens with zero attached hydrogens (tertiary/aromatic N) is 5. The molecule has 0 spiro atoms. The third kappa shape index (κ3) is 4.16. The summed E-state index contributed by atoms with van der Waals surface area (Å²) < 4.78 is 0. The van der Waals surface area contributed by atoms with Crippen LogP contribution in [0.4, 0.5) is 0 Å². The summed E-state index contributed by atoms with van der Waals surface area (Å²) in [6.07, 6.45) is 4.22. The average molecular weight is 388 g/mol. The molecule has 1 radical (unpaired) electrons. The van der Waals surface area contributed by atoms with Gasteiger partial charge >= 0.3 is 0 Å². The van der Waals surface area contributed by atoms with Crippen LogP contribution < -0.4 is 5.73 Å². The molecular formula is C21H22N7O. The summed E-state index contributed by atoms with van der Waals surface area (Å²) in [7, 11) is 0. The molecule has 2 aromatic heterocycles. The van der Waals surface area contributed by atoms with Gasteiger partial charge in [-0.25, -0.2) is 0 Å². The van der Waals surface area contributed by atoms with E-state index in [-0.39, 0.29) is 5.69 Å². The number of fused-ring (bicyclic) bond motifs is 1. The number of aromatic amines is 1. The quantitative estimate of drug-likeness (QED) is 0.480. The van der Waals surface area contributed by atoms with Crippen LogP contribution in [0.2, 0.25) is 0 Å². The molecule has 147 valence electrons. The SMILES string of the molecule is CCc1cc(C[CH]c2nnn(CCc3ccccc3)n2)cc2c(C(N)=O)n[nH]c12. The van der Waals surface area contributed by atoms with Crippen molar-refractivity contribution in [2.24, 2.45) is 5.73 Å². The molecule has 0 aliphatic carbocycles. The molecule has 0 atom stereocenters. The van der Waals surface area contributed by atoms with Crippen molar-refractivity contribution in [3.63, 3.8) is 0 Å². The molecule has 8 heteroatoms. The topological polar surface area (TPSA) is 115 Å². The maximum atomic E-state index is 11.6. The Kier molecular flexibility index (Phi) is 5.33. The highest BCUT2D eigenvalue weighted by Gasteiger charge is 2.15. The van der Waals surface area contributed by atoms with Crippen LogP contribution in [-0.4, -0.2) is 36.3 Å². The van der Waals surface area contributed by atoms with Crippen molar-refractivity contribution in [2.45, 2.75) is 32.7 Å². The van der Waals surface area contributed by atoms with Gasteiger partial charge in [0.15, 0.2) is 11.5 Å². The smallest absolute Gasteiger partial charge is 0.269 e. The minimum atomic E-state index is -0.539. The summed E-state index contributed by atoms with van der Waals surface area (Å²) in [5.41, 5.74) is 9.93. The van der Waals surface area contributed by atoms with E-state index in [0.29, 0.717) is 18.8 Å². The minimum absolute atomic E-state index is 0.265. The Labute approximate surface area is 168 Å². The van der Waals surface area contributed by atoms with Crippen LogP contribution >= 0.6 is 0 Å². The maximum Gasteiger partial charge on any atom is 0.269 e. The van der Waals surface area contributed by atoms with E-state index < -0.39 is 5.91 Å². The number of nitrogens with two attached hydrogens (primary N) is 1. The lowest BCUT2D eigenvalue weighted by Crippen LogP contribution is -2.11. The highest BCUT2D eigenvalue weighted by Crippen LogP contribution is 2.23. The zero-order valence-corrected chi connectivity index (χ0v) is 16.2. The second kappa shape index (κ2) is 8.22. The van der Waals surface area contributed by atoms with Crippen molar-refractivity contribution in [2.75, 3.05) is 0 Å². The number of benzene rings is 2. The van der Waals surface area contributed by atoms with Gasteiger partial charge in [0.25, 0.3) is 5.91 Å². The lowest BCUT2D eigenvalue weighted by atomic mass is 10.00. The van der Waals surface area contributed by atoms with Crippen LogP contribution in [0, 0.1) is 6.42 Å². The van der Waals surface area contributed by atoms with E-state index in [1.807, 2.05) is 30.7 Å². The van der Waals surface area contributed by atoms with Gasteiger partial charge in [0, 0.05) is 11.8 Å². The number of hydrogen-bond donors (Lipinski definition) is 2. The number of nitrogens with one attached hydrogen (secondary N) is 1. The van der Waals surface area contributed by atoms with E-state index in [9.17, 15) is 4.79 Å². The minimum Gasteiger partial charge on any atom is -0.364 e. The number of hydrogen-bond acceptors (Lipinski definition) is 5. The zero-order chi connectivity index (χ0) is 20.2. The first-order chi connectivity index (χ1) is 14.1. The molecule has 0 bridgehead atoms. The zero-order valence-electron chi connectivity index (χ0n) is 16.2. The van der Waals surface area contributed by atoms with E-state index in [2.05, 4.69) is 50.7 Å². The monoisotopic (exact) mass is 388 g/mol. The molecular weight excluding hydrogens is 366 g/mol. The molecule has 0 saturated carbocycles. The van der Waals surface area contributed by atoms with Gasteiger partial charge in [-0.15, -0.1) is 10.2 Å². The molecule has 0 fully saturated rings. The van der Waals surface area contributed by atoms with Gasteiger partial charge in [-0.3, -0.25) is 9.89 Å².